The first-order chi connectivity index (χ1) is 12.7. The third-order valence-corrected chi connectivity index (χ3v) is 5.66. The van der Waals surface area contributed by atoms with E-state index in [-0.39, 0.29) is 5.82 Å². The predicted molar refractivity (Wildman–Crippen MR) is 109 cm³/mol. The van der Waals surface area contributed by atoms with Crippen molar-refractivity contribution in [3.63, 3.8) is 0 Å². The quantitative estimate of drug-likeness (QED) is 0.380. The summed E-state index contributed by atoms with van der Waals surface area (Å²) >= 11 is 3.30. The van der Waals surface area contributed by atoms with Gasteiger partial charge in [-0.05, 0) is 69.2 Å². The van der Waals surface area contributed by atoms with Crippen LogP contribution < -0.4 is 10.6 Å². The number of aryl methyl sites for hydroxylation is 1. The summed E-state index contributed by atoms with van der Waals surface area (Å²) in [7, 11) is 0. The highest BCUT2D eigenvalue weighted by atomic mass is 79.9. The van der Waals surface area contributed by atoms with Gasteiger partial charge in [-0.1, -0.05) is 22.0 Å². The molecular weight excluding hydrogens is 395 g/mol. The fourth-order valence-corrected chi connectivity index (χ4v) is 3.89. The largest absolute Gasteiger partial charge is 0.357 e. The Kier molecular flexibility index (Phi) is 7.32. The molecular formula is C20H30BrFN4. The second-order valence-corrected chi connectivity index (χ2v) is 8.28. The molecule has 1 aromatic carbocycles. The van der Waals surface area contributed by atoms with Crippen molar-refractivity contribution in [3.8, 4) is 0 Å². The van der Waals surface area contributed by atoms with Gasteiger partial charge in [0.2, 0.25) is 0 Å². The van der Waals surface area contributed by atoms with Gasteiger partial charge in [-0.15, -0.1) is 0 Å². The second-order valence-electron chi connectivity index (χ2n) is 7.37. The number of halogens is 2. The number of benzene rings is 1. The van der Waals surface area contributed by atoms with Crippen LogP contribution in [-0.2, 0) is 6.42 Å². The Morgan fingerprint density at radius 1 is 1.31 bits per heavy atom. The predicted octanol–water partition coefficient (Wildman–Crippen LogP) is 3.56. The van der Waals surface area contributed by atoms with Crippen LogP contribution in [0.3, 0.4) is 0 Å². The van der Waals surface area contributed by atoms with Gasteiger partial charge in [0, 0.05) is 36.7 Å². The lowest BCUT2D eigenvalue weighted by atomic mass is 10.1. The van der Waals surface area contributed by atoms with E-state index in [0.29, 0.717) is 5.92 Å². The van der Waals surface area contributed by atoms with Gasteiger partial charge in [0.25, 0.3) is 0 Å². The van der Waals surface area contributed by atoms with E-state index in [2.05, 4.69) is 38.4 Å². The van der Waals surface area contributed by atoms with Crippen molar-refractivity contribution < 1.29 is 4.39 Å². The molecule has 0 bridgehead atoms. The molecule has 0 radical (unpaired) electrons. The summed E-state index contributed by atoms with van der Waals surface area (Å²) in [6, 6.07) is 6.14. The van der Waals surface area contributed by atoms with Gasteiger partial charge < -0.3 is 15.5 Å². The van der Waals surface area contributed by atoms with E-state index in [4.69, 9.17) is 4.99 Å². The molecule has 1 aliphatic carbocycles. The van der Waals surface area contributed by atoms with E-state index in [1.165, 1.54) is 38.4 Å². The SMILES string of the molecule is CCNC(=NCC1CCN(C2CC2)C1)NCCCc1ccc(Br)cc1F. The summed E-state index contributed by atoms with van der Waals surface area (Å²) in [4.78, 5) is 7.40. The van der Waals surface area contributed by atoms with Gasteiger partial charge in [0.05, 0.1) is 0 Å². The van der Waals surface area contributed by atoms with Crippen molar-refractivity contribution in [1.29, 1.82) is 0 Å². The minimum atomic E-state index is -0.138. The first-order valence-electron chi connectivity index (χ1n) is 9.86. The molecule has 2 fully saturated rings. The molecule has 4 nitrogen and oxygen atoms in total. The van der Waals surface area contributed by atoms with Gasteiger partial charge in [-0.3, -0.25) is 4.99 Å². The molecule has 2 aliphatic rings. The molecule has 26 heavy (non-hydrogen) atoms. The van der Waals surface area contributed by atoms with E-state index < -0.39 is 0 Å². The molecule has 0 spiro atoms. The van der Waals surface area contributed by atoms with Crippen LogP contribution in [-0.4, -0.2) is 49.6 Å². The molecule has 3 rings (SSSR count). The van der Waals surface area contributed by atoms with Crippen LogP contribution in [0.4, 0.5) is 4.39 Å². The number of aliphatic imine (C=N–C) groups is 1. The standard InChI is InChI=1S/C20H30BrFN4/c1-2-23-20(25-13-15-9-11-26(14-15)18-7-8-18)24-10-3-4-16-5-6-17(21)12-19(16)22/h5-6,12,15,18H,2-4,7-11,13-14H2,1H3,(H2,23,24,25). The molecule has 0 aromatic heterocycles. The Hall–Kier alpha value is -1.14. The topological polar surface area (TPSA) is 39.7 Å². The molecule has 1 unspecified atom stereocenters. The molecule has 144 valence electrons. The van der Waals surface area contributed by atoms with E-state index in [0.717, 1.165) is 54.5 Å². The van der Waals surface area contributed by atoms with Gasteiger partial charge in [0.15, 0.2) is 5.96 Å². The lowest BCUT2D eigenvalue weighted by Crippen LogP contribution is -2.38. The number of likely N-dealkylation sites (tertiary alicyclic amines) is 1. The van der Waals surface area contributed by atoms with Crippen molar-refractivity contribution >= 4 is 21.9 Å². The summed E-state index contributed by atoms with van der Waals surface area (Å²) in [6.07, 6.45) is 5.65. The summed E-state index contributed by atoms with van der Waals surface area (Å²) in [5.74, 6) is 1.43. The minimum absolute atomic E-state index is 0.138. The maximum absolute atomic E-state index is 13.9. The Balaban J connectivity index is 1.39. The second kappa shape index (κ2) is 9.70. The molecule has 1 saturated heterocycles. The van der Waals surface area contributed by atoms with Gasteiger partial charge in [0.1, 0.15) is 5.82 Å². The fourth-order valence-electron chi connectivity index (χ4n) is 3.56. The van der Waals surface area contributed by atoms with Crippen LogP contribution in [0.15, 0.2) is 27.7 Å². The number of hydrogen-bond donors (Lipinski definition) is 2. The number of nitrogens with zero attached hydrogens (tertiary/aromatic N) is 2. The lowest BCUT2D eigenvalue weighted by molar-refractivity contribution is 0.315. The van der Waals surface area contributed by atoms with Crippen LogP contribution in [0.25, 0.3) is 0 Å². The zero-order valence-electron chi connectivity index (χ0n) is 15.6. The van der Waals surface area contributed by atoms with E-state index in [1.54, 1.807) is 0 Å². The Morgan fingerprint density at radius 3 is 2.88 bits per heavy atom. The molecule has 0 amide bonds. The van der Waals surface area contributed by atoms with Crippen LogP contribution in [0.2, 0.25) is 0 Å². The van der Waals surface area contributed by atoms with Crippen LogP contribution >= 0.6 is 15.9 Å². The lowest BCUT2D eigenvalue weighted by Gasteiger charge is -2.15. The number of guanidine groups is 1. The highest BCUT2D eigenvalue weighted by molar-refractivity contribution is 9.10. The summed E-state index contributed by atoms with van der Waals surface area (Å²) < 4.78 is 14.6. The summed E-state index contributed by atoms with van der Waals surface area (Å²) in [6.45, 7) is 7.06. The maximum Gasteiger partial charge on any atom is 0.191 e. The van der Waals surface area contributed by atoms with E-state index >= 15 is 0 Å². The third kappa shape index (κ3) is 5.95. The smallest absolute Gasteiger partial charge is 0.191 e. The number of rotatable bonds is 8. The molecule has 1 atom stereocenters. The number of nitrogens with one attached hydrogen (secondary N) is 2. The van der Waals surface area contributed by atoms with Crippen molar-refractivity contribution in [1.82, 2.24) is 15.5 Å². The minimum Gasteiger partial charge on any atom is -0.357 e. The van der Waals surface area contributed by atoms with E-state index in [1.807, 2.05) is 12.1 Å². The van der Waals surface area contributed by atoms with Crippen molar-refractivity contribution in [2.75, 3.05) is 32.7 Å². The highest BCUT2D eigenvalue weighted by Gasteiger charge is 2.34. The first-order valence-corrected chi connectivity index (χ1v) is 10.6. The van der Waals surface area contributed by atoms with Crippen LogP contribution in [0, 0.1) is 11.7 Å². The van der Waals surface area contributed by atoms with Gasteiger partial charge in [-0.2, -0.15) is 0 Å². The van der Waals surface area contributed by atoms with Gasteiger partial charge >= 0.3 is 0 Å². The molecule has 1 heterocycles. The molecule has 1 aliphatic heterocycles. The highest BCUT2D eigenvalue weighted by Crippen LogP contribution is 2.31. The zero-order valence-corrected chi connectivity index (χ0v) is 17.2. The third-order valence-electron chi connectivity index (χ3n) is 5.16. The monoisotopic (exact) mass is 424 g/mol. The van der Waals surface area contributed by atoms with Crippen LogP contribution in [0.1, 0.15) is 38.2 Å². The van der Waals surface area contributed by atoms with Crippen LogP contribution in [0.5, 0.6) is 0 Å². The average Bonchev–Trinajstić information content (AvgIpc) is 3.36. The maximum atomic E-state index is 13.9. The summed E-state index contributed by atoms with van der Waals surface area (Å²) in [5, 5.41) is 6.70. The normalized spacial score (nSPS) is 21.2. The van der Waals surface area contributed by atoms with Gasteiger partial charge in [-0.25, -0.2) is 4.39 Å². The molecule has 6 heteroatoms. The van der Waals surface area contributed by atoms with Crippen molar-refractivity contribution in [2.24, 2.45) is 10.9 Å². The Labute approximate surface area is 164 Å². The summed E-state index contributed by atoms with van der Waals surface area (Å²) in [5.41, 5.74) is 0.767. The number of hydrogen-bond acceptors (Lipinski definition) is 2. The zero-order chi connectivity index (χ0) is 18.4. The van der Waals surface area contributed by atoms with Crippen molar-refractivity contribution in [2.45, 2.75) is 45.1 Å². The Bertz CT molecular complexity index is 618. The first kappa shape index (κ1) is 19.6. The molecule has 1 aromatic rings. The fraction of sp³-hybridized carbons (Fsp3) is 0.650. The van der Waals surface area contributed by atoms with E-state index in [9.17, 15) is 4.39 Å². The average molecular weight is 425 g/mol. The molecule has 2 N–H and O–H groups in total. The molecule has 1 saturated carbocycles. The van der Waals surface area contributed by atoms with Crippen molar-refractivity contribution in [3.05, 3.63) is 34.1 Å². The Morgan fingerprint density at radius 2 is 2.15 bits per heavy atom.